The number of piperidine rings is 1. The molecule has 2 heterocycles. The molecule has 1 aromatic rings. The first-order chi connectivity index (χ1) is 11.1. The number of nitriles is 1. The third kappa shape index (κ3) is 5.11. The van der Waals surface area contributed by atoms with E-state index in [-0.39, 0.29) is 30.7 Å². The van der Waals surface area contributed by atoms with Gasteiger partial charge in [0, 0.05) is 12.5 Å². The zero-order valence-electron chi connectivity index (χ0n) is 13.1. The van der Waals surface area contributed by atoms with Gasteiger partial charge in [-0.15, -0.1) is 0 Å². The van der Waals surface area contributed by atoms with Crippen LogP contribution in [0.4, 0.5) is 0 Å². The van der Waals surface area contributed by atoms with Gasteiger partial charge in [-0.25, -0.2) is 0 Å². The number of likely N-dealkylation sites (tertiary alicyclic amines) is 1. The second-order valence-electron chi connectivity index (χ2n) is 5.76. The van der Waals surface area contributed by atoms with Crippen molar-refractivity contribution in [3.63, 3.8) is 0 Å². The molecule has 0 saturated carbocycles. The quantitative estimate of drug-likeness (QED) is 0.797. The highest BCUT2D eigenvalue weighted by Crippen LogP contribution is 2.17. The standard InChI is InChI=1S/C16H22N4O3/c17-6-2-7-20(11-14-3-1-10-23-14)15(21)12-19-8-4-13(5-9-19)16(18)22/h1,3,10,13H,2,4-5,7-9,11-12H2,(H2,18,22). The smallest absolute Gasteiger partial charge is 0.237 e. The summed E-state index contributed by atoms with van der Waals surface area (Å²) in [5, 5.41) is 8.76. The number of furan rings is 1. The molecule has 2 amide bonds. The number of nitrogens with two attached hydrogens (primary N) is 1. The first-order valence-corrected chi connectivity index (χ1v) is 7.79. The molecule has 7 heteroatoms. The van der Waals surface area contributed by atoms with Crippen molar-refractivity contribution in [1.82, 2.24) is 9.80 Å². The van der Waals surface area contributed by atoms with Crippen molar-refractivity contribution in [1.29, 1.82) is 5.26 Å². The Labute approximate surface area is 135 Å². The van der Waals surface area contributed by atoms with Crippen molar-refractivity contribution in [3.05, 3.63) is 24.2 Å². The number of carbonyl (C=O) groups excluding carboxylic acids is 2. The molecule has 1 aliphatic heterocycles. The average molecular weight is 318 g/mol. The fourth-order valence-electron chi connectivity index (χ4n) is 2.73. The molecule has 0 unspecified atom stereocenters. The summed E-state index contributed by atoms with van der Waals surface area (Å²) in [5.41, 5.74) is 5.32. The van der Waals surface area contributed by atoms with Gasteiger partial charge in [-0.3, -0.25) is 14.5 Å². The van der Waals surface area contributed by atoms with Gasteiger partial charge < -0.3 is 15.1 Å². The summed E-state index contributed by atoms with van der Waals surface area (Å²) in [6.45, 7) is 2.41. The first-order valence-electron chi connectivity index (χ1n) is 7.79. The highest BCUT2D eigenvalue weighted by atomic mass is 16.3. The highest BCUT2D eigenvalue weighted by Gasteiger charge is 2.25. The summed E-state index contributed by atoms with van der Waals surface area (Å²) in [5.74, 6) is 0.321. The Morgan fingerprint density at radius 3 is 2.74 bits per heavy atom. The van der Waals surface area contributed by atoms with Crippen LogP contribution in [0.5, 0.6) is 0 Å². The first kappa shape index (κ1) is 17.0. The molecule has 124 valence electrons. The van der Waals surface area contributed by atoms with Crippen LogP contribution in [0.15, 0.2) is 22.8 Å². The minimum atomic E-state index is -0.260. The molecule has 1 saturated heterocycles. The zero-order valence-corrected chi connectivity index (χ0v) is 13.1. The van der Waals surface area contributed by atoms with E-state index in [1.807, 2.05) is 11.0 Å². The lowest BCUT2D eigenvalue weighted by atomic mass is 9.96. The monoisotopic (exact) mass is 318 g/mol. The summed E-state index contributed by atoms with van der Waals surface area (Å²) < 4.78 is 5.28. The van der Waals surface area contributed by atoms with E-state index in [2.05, 4.69) is 6.07 Å². The Hall–Kier alpha value is -2.33. The van der Waals surface area contributed by atoms with E-state index >= 15 is 0 Å². The molecule has 0 bridgehead atoms. The predicted molar refractivity (Wildman–Crippen MR) is 82.7 cm³/mol. The van der Waals surface area contributed by atoms with Gasteiger partial charge in [0.15, 0.2) is 0 Å². The van der Waals surface area contributed by atoms with Crippen molar-refractivity contribution in [2.45, 2.75) is 25.8 Å². The van der Waals surface area contributed by atoms with Crippen molar-refractivity contribution in [2.24, 2.45) is 11.7 Å². The number of hydrogen-bond donors (Lipinski definition) is 1. The van der Waals surface area contributed by atoms with E-state index in [1.165, 1.54) is 0 Å². The normalized spacial score (nSPS) is 16.0. The van der Waals surface area contributed by atoms with Crippen LogP contribution in [0.3, 0.4) is 0 Å². The second-order valence-corrected chi connectivity index (χ2v) is 5.76. The van der Waals surface area contributed by atoms with Crippen molar-refractivity contribution >= 4 is 11.8 Å². The summed E-state index contributed by atoms with van der Waals surface area (Å²) in [7, 11) is 0. The SMILES string of the molecule is N#CCCN(Cc1ccco1)C(=O)CN1CCC(C(N)=O)CC1. The number of nitrogens with zero attached hydrogens (tertiary/aromatic N) is 3. The lowest BCUT2D eigenvalue weighted by Gasteiger charge is -2.31. The van der Waals surface area contributed by atoms with Crippen LogP contribution in [0.25, 0.3) is 0 Å². The van der Waals surface area contributed by atoms with Gasteiger partial charge in [0.25, 0.3) is 0 Å². The Morgan fingerprint density at radius 1 is 1.43 bits per heavy atom. The van der Waals surface area contributed by atoms with Crippen LogP contribution in [-0.4, -0.2) is 47.8 Å². The van der Waals surface area contributed by atoms with E-state index in [9.17, 15) is 9.59 Å². The van der Waals surface area contributed by atoms with Gasteiger partial charge in [-0.1, -0.05) is 0 Å². The molecular formula is C16H22N4O3. The van der Waals surface area contributed by atoms with Gasteiger partial charge in [0.2, 0.25) is 11.8 Å². The summed E-state index contributed by atoms with van der Waals surface area (Å²) in [4.78, 5) is 27.3. The average Bonchev–Trinajstić information content (AvgIpc) is 3.05. The highest BCUT2D eigenvalue weighted by molar-refractivity contribution is 5.78. The molecule has 1 aliphatic rings. The lowest BCUT2D eigenvalue weighted by Crippen LogP contribution is -2.45. The minimum Gasteiger partial charge on any atom is -0.467 e. The number of amides is 2. The summed E-state index contributed by atoms with van der Waals surface area (Å²) in [6, 6.07) is 5.65. The van der Waals surface area contributed by atoms with Gasteiger partial charge >= 0.3 is 0 Å². The minimum absolute atomic E-state index is 0.0332. The van der Waals surface area contributed by atoms with Gasteiger partial charge in [0.1, 0.15) is 5.76 Å². The van der Waals surface area contributed by atoms with E-state index in [0.717, 1.165) is 0 Å². The third-order valence-electron chi connectivity index (χ3n) is 4.12. The van der Waals surface area contributed by atoms with Gasteiger partial charge in [0.05, 0.1) is 31.8 Å². The van der Waals surface area contributed by atoms with E-state index in [4.69, 9.17) is 15.4 Å². The largest absolute Gasteiger partial charge is 0.467 e. The van der Waals surface area contributed by atoms with Gasteiger partial charge in [-0.05, 0) is 38.1 Å². The number of rotatable bonds is 7. The van der Waals surface area contributed by atoms with Crippen LogP contribution in [0.1, 0.15) is 25.0 Å². The molecule has 0 aromatic carbocycles. The summed E-state index contributed by atoms with van der Waals surface area (Å²) in [6.07, 6.45) is 3.24. The van der Waals surface area contributed by atoms with Crippen LogP contribution >= 0.6 is 0 Å². The molecule has 2 rings (SSSR count). The lowest BCUT2D eigenvalue weighted by molar-refractivity contribution is -0.133. The van der Waals surface area contributed by atoms with E-state index in [0.29, 0.717) is 44.8 Å². The van der Waals surface area contributed by atoms with Crippen molar-refractivity contribution in [2.75, 3.05) is 26.2 Å². The Bertz CT molecular complexity index is 556. The van der Waals surface area contributed by atoms with Gasteiger partial charge in [-0.2, -0.15) is 5.26 Å². The molecule has 23 heavy (non-hydrogen) atoms. The molecule has 1 fully saturated rings. The Kier molecular flexibility index (Phi) is 6.18. The maximum Gasteiger partial charge on any atom is 0.237 e. The Balaban J connectivity index is 1.87. The number of carbonyl (C=O) groups is 2. The molecule has 0 radical (unpaired) electrons. The van der Waals surface area contributed by atoms with Crippen LogP contribution < -0.4 is 5.73 Å². The molecule has 0 aliphatic carbocycles. The number of primary amides is 1. The van der Waals surface area contributed by atoms with Crippen molar-refractivity contribution in [3.8, 4) is 6.07 Å². The van der Waals surface area contributed by atoms with Crippen molar-refractivity contribution < 1.29 is 14.0 Å². The van der Waals surface area contributed by atoms with Crippen LogP contribution in [0.2, 0.25) is 0 Å². The summed E-state index contributed by atoms with van der Waals surface area (Å²) >= 11 is 0. The topological polar surface area (TPSA) is 104 Å². The molecule has 0 atom stereocenters. The third-order valence-corrected chi connectivity index (χ3v) is 4.12. The second kappa shape index (κ2) is 8.34. The zero-order chi connectivity index (χ0) is 16.7. The molecule has 7 nitrogen and oxygen atoms in total. The van der Waals surface area contributed by atoms with Crippen LogP contribution in [0, 0.1) is 17.2 Å². The predicted octanol–water partition coefficient (Wildman–Crippen LogP) is 0.719. The molecular weight excluding hydrogens is 296 g/mol. The molecule has 0 spiro atoms. The molecule has 2 N–H and O–H groups in total. The fourth-order valence-corrected chi connectivity index (χ4v) is 2.73. The van der Waals surface area contributed by atoms with E-state index < -0.39 is 0 Å². The number of hydrogen-bond acceptors (Lipinski definition) is 5. The van der Waals surface area contributed by atoms with Crippen LogP contribution in [-0.2, 0) is 16.1 Å². The van der Waals surface area contributed by atoms with E-state index in [1.54, 1.807) is 17.2 Å². The Morgan fingerprint density at radius 2 is 2.17 bits per heavy atom. The maximum absolute atomic E-state index is 12.5. The fraction of sp³-hybridized carbons (Fsp3) is 0.562. The molecule has 1 aromatic heterocycles. The maximum atomic E-state index is 12.5.